The third-order valence-corrected chi connectivity index (χ3v) is 7.51. The molecule has 0 bridgehead atoms. The van der Waals surface area contributed by atoms with Crippen molar-refractivity contribution in [3.05, 3.63) is 79.7 Å². The highest BCUT2D eigenvalue weighted by Gasteiger charge is 2.36. The highest BCUT2D eigenvalue weighted by atomic mass is 35.5. The minimum atomic E-state index is -0.775. The van der Waals surface area contributed by atoms with Crippen molar-refractivity contribution in [2.24, 2.45) is 0 Å². The van der Waals surface area contributed by atoms with E-state index < -0.39 is 11.3 Å². The lowest BCUT2D eigenvalue weighted by atomic mass is 9.82. The molecule has 2 aromatic heterocycles. The SMILES string of the molecule is CC(C)(O)CN1CCc2cc(Nc3ncc4c(=N)n(-c5c(Cl)cccc5Cl)c(=O)[nH]c4n3)ccc2C1(C)C. The normalized spacial score (nSPS) is 15.4. The molecular weight excluding hydrogens is 525 g/mol. The number of aliphatic hydroxyl groups is 1. The van der Waals surface area contributed by atoms with Crippen molar-refractivity contribution in [2.75, 3.05) is 18.4 Å². The molecular formula is C27H29Cl2N7O2. The lowest BCUT2D eigenvalue weighted by molar-refractivity contribution is -0.00738. The highest BCUT2D eigenvalue weighted by Crippen LogP contribution is 2.37. The Hall–Kier alpha value is -3.24. The van der Waals surface area contributed by atoms with E-state index in [1.54, 1.807) is 18.2 Å². The van der Waals surface area contributed by atoms with Crippen LogP contribution in [0.5, 0.6) is 0 Å². The van der Waals surface area contributed by atoms with Crippen LogP contribution in [-0.4, -0.2) is 48.2 Å². The van der Waals surface area contributed by atoms with Gasteiger partial charge in [0.2, 0.25) is 5.95 Å². The lowest BCUT2D eigenvalue weighted by Gasteiger charge is -2.46. The average molecular weight is 554 g/mol. The van der Waals surface area contributed by atoms with Crippen LogP contribution in [0.15, 0.2) is 47.4 Å². The molecule has 4 aromatic rings. The van der Waals surface area contributed by atoms with Crippen LogP contribution in [0.1, 0.15) is 38.8 Å². The molecule has 0 amide bonds. The summed E-state index contributed by atoms with van der Waals surface area (Å²) in [6, 6.07) is 11.0. The van der Waals surface area contributed by atoms with E-state index in [4.69, 9.17) is 28.6 Å². The van der Waals surface area contributed by atoms with Crippen LogP contribution >= 0.6 is 23.2 Å². The maximum absolute atomic E-state index is 12.9. The standard InChI is InChI=1S/C27H29Cl2N7O2/c1-26(2,38)14-35-11-10-15-12-16(8-9-18(15)27(35,3)4)32-24-31-13-17-22(30)36(25(37)34-23(17)33-24)21-19(28)6-5-7-20(21)29/h5-9,12-13,30,38H,10-11,14H2,1-4H3,(H2,31,32,33,34,37). The van der Waals surface area contributed by atoms with Gasteiger partial charge in [-0.05, 0) is 69.5 Å². The van der Waals surface area contributed by atoms with E-state index in [0.717, 1.165) is 23.2 Å². The molecule has 38 heavy (non-hydrogen) atoms. The second-order valence-electron chi connectivity index (χ2n) is 10.7. The van der Waals surface area contributed by atoms with E-state index in [9.17, 15) is 9.90 Å². The van der Waals surface area contributed by atoms with Gasteiger partial charge in [-0.1, -0.05) is 35.3 Å². The summed E-state index contributed by atoms with van der Waals surface area (Å²) >= 11 is 12.6. The van der Waals surface area contributed by atoms with Gasteiger partial charge < -0.3 is 10.4 Å². The first-order chi connectivity index (χ1) is 17.8. The molecule has 3 heterocycles. The van der Waals surface area contributed by atoms with Crippen LogP contribution in [0.2, 0.25) is 10.0 Å². The number of benzene rings is 2. The third-order valence-electron chi connectivity index (χ3n) is 6.90. The fraction of sp³-hybridized carbons (Fsp3) is 0.333. The fourth-order valence-electron chi connectivity index (χ4n) is 5.06. The Balaban J connectivity index is 1.46. The molecule has 1 aliphatic rings. The average Bonchev–Trinajstić information content (AvgIpc) is 2.82. The summed E-state index contributed by atoms with van der Waals surface area (Å²) in [6.45, 7) is 9.43. The van der Waals surface area contributed by atoms with Crippen molar-refractivity contribution in [3.8, 4) is 5.69 Å². The highest BCUT2D eigenvalue weighted by molar-refractivity contribution is 6.37. The number of aromatic nitrogens is 4. The number of rotatable bonds is 5. The Kier molecular flexibility index (Phi) is 6.59. The monoisotopic (exact) mass is 553 g/mol. The fourth-order valence-corrected chi connectivity index (χ4v) is 5.63. The molecule has 11 heteroatoms. The van der Waals surface area contributed by atoms with Gasteiger partial charge in [0.1, 0.15) is 5.49 Å². The quantitative estimate of drug-likeness (QED) is 0.288. The maximum Gasteiger partial charge on any atom is 0.333 e. The summed E-state index contributed by atoms with van der Waals surface area (Å²) in [5.74, 6) is 0.291. The van der Waals surface area contributed by atoms with Gasteiger partial charge >= 0.3 is 5.69 Å². The first-order valence-electron chi connectivity index (χ1n) is 12.2. The molecule has 2 aromatic carbocycles. The van der Waals surface area contributed by atoms with Gasteiger partial charge in [0.15, 0.2) is 5.65 Å². The molecule has 0 fully saturated rings. The van der Waals surface area contributed by atoms with Crippen LogP contribution in [0.4, 0.5) is 11.6 Å². The predicted molar refractivity (Wildman–Crippen MR) is 150 cm³/mol. The molecule has 0 radical (unpaired) electrons. The van der Waals surface area contributed by atoms with Gasteiger partial charge in [0.05, 0.1) is 26.7 Å². The third kappa shape index (κ3) is 4.82. The first-order valence-corrected chi connectivity index (χ1v) is 13.0. The van der Waals surface area contributed by atoms with Crippen LogP contribution in [0, 0.1) is 5.41 Å². The van der Waals surface area contributed by atoms with Crippen molar-refractivity contribution in [1.82, 2.24) is 24.4 Å². The summed E-state index contributed by atoms with van der Waals surface area (Å²) in [4.78, 5) is 26.8. The molecule has 5 rings (SSSR count). The van der Waals surface area contributed by atoms with E-state index in [1.165, 1.54) is 17.3 Å². The number of β-amino-alcohol motifs (C(OH)–C–C–N with tert-alkyl or cyclic N) is 1. The summed E-state index contributed by atoms with van der Waals surface area (Å²) in [5, 5.41) is 23.0. The van der Waals surface area contributed by atoms with Crippen molar-refractivity contribution in [1.29, 1.82) is 5.41 Å². The van der Waals surface area contributed by atoms with E-state index in [-0.39, 0.29) is 32.4 Å². The summed E-state index contributed by atoms with van der Waals surface area (Å²) in [7, 11) is 0. The minimum absolute atomic E-state index is 0.128. The van der Waals surface area contributed by atoms with Gasteiger partial charge in [-0.25, -0.2) is 14.3 Å². The van der Waals surface area contributed by atoms with Crippen LogP contribution in [0.3, 0.4) is 0 Å². The minimum Gasteiger partial charge on any atom is -0.389 e. The van der Waals surface area contributed by atoms with E-state index in [0.29, 0.717) is 17.9 Å². The smallest absolute Gasteiger partial charge is 0.333 e. The second kappa shape index (κ2) is 9.50. The number of nitrogens with one attached hydrogen (secondary N) is 3. The van der Waals surface area contributed by atoms with Gasteiger partial charge in [-0.2, -0.15) is 4.98 Å². The van der Waals surface area contributed by atoms with Crippen molar-refractivity contribution in [2.45, 2.75) is 45.3 Å². The number of aromatic amines is 1. The molecule has 4 N–H and O–H groups in total. The number of hydrogen-bond donors (Lipinski definition) is 4. The molecule has 0 saturated heterocycles. The molecule has 0 unspecified atom stereocenters. The van der Waals surface area contributed by atoms with E-state index >= 15 is 0 Å². The largest absolute Gasteiger partial charge is 0.389 e. The van der Waals surface area contributed by atoms with Crippen molar-refractivity contribution < 1.29 is 5.11 Å². The first kappa shape index (κ1) is 26.4. The Bertz CT molecular complexity index is 1650. The summed E-state index contributed by atoms with van der Waals surface area (Å²) in [5.41, 5.74) is 1.97. The number of halogens is 2. The zero-order chi connectivity index (χ0) is 27.4. The zero-order valence-corrected chi connectivity index (χ0v) is 23.1. The number of anilines is 2. The van der Waals surface area contributed by atoms with Gasteiger partial charge in [0, 0.05) is 30.5 Å². The Morgan fingerprint density at radius 3 is 2.61 bits per heavy atom. The van der Waals surface area contributed by atoms with Crippen molar-refractivity contribution >= 4 is 45.9 Å². The topological polar surface area (TPSA) is 123 Å². The lowest BCUT2D eigenvalue weighted by Crippen LogP contribution is -2.51. The molecule has 0 saturated carbocycles. The molecule has 9 nitrogen and oxygen atoms in total. The maximum atomic E-state index is 12.9. The Morgan fingerprint density at radius 2 is 1.92 bits per heavy atom. The summed E-state index contributed by atoms with van der Waals surface area (Å²) < 4.78 is 1.11. The second-order valence-corrected chi connectivity index (χ2v) is 11.5. The van der Waals surface area contributed by atoms with Crippen molar-refractivity contribution in [3.63, 3.8) is 0 Å². The van der Waals surface area contributed by atoms with Crippen LogP contribution in [0.25, 0.3) is 16.7 Å². The number of fused-ring (bicyclic) bond motifs is 2. The van der Waals surface area contributed by atoms with Gasteiger partial charge in [-0.3, -0.25) is 15.3 Å². The molecule has 0 spiro atoms. The number of para-hydroxylation sites is 1. The van der Waals surface area contributed by atoms with Crippen LogP contribution in [-0.2, 0) is 12.0 Å². The molecule has 0 atom stereocenters. The van der Waals surface area contributed by atoms with Gasteiger partial charge in [0.25, 0.3) is 0 Å². The number of nitrogens with zero attached hydrogens (tertiary/aromatic N) is 4. The summed E-state index contributed by atoms with van der Waals surface area (Å²) in [6.07, 6.45) is 2.34. The van der Waals surface area contributed by atoms with Gasteiger partial charge in [-0.15, -0.1) is 0 Å². The molecule has 0 aliphatic carbocycles. The Morgan fingerprint density at radius 1 is 1.21 bits per heavy atom. The number of hydrogen-bond acceptors (Lipinski definition) is 7. The van der Waals surface area contributed by atoms with E-state index in [1.807, 2.05) is 19.9 Å². The van der Waals surface area contributed by atoms with Crippen LogP contribution < -0.4 is 16.5 Å². The molecule has 198 valence electrons. The predicted octanol–water partition coefficient (Wildman–Crippen LogP) is 4.50. The molecule has 1 aliphatic heterocycles. The van der Waals surface area contributed by atoms with E-state index in [2.05, 4.69) is 51.1 Å². The number of H-pyrrole nitrogens is 1. The Labute approximate surface area is 229 Å². The zero-order valence-electron chi connectivity index (χ0n) is 21.6.